The van der Waals surface area contributed by atoms with Gasteiger partial charge in [-0.05, 0) is 31.4 Å². The molecule has 1 saturated carbocycles. The number of rotatable bonds is 4. The number of methoxy groups -OCH3 is 2. The summed E-state index contributed by atoms with van der Waals surface area (Å²) in [5, 5.41) is 0. The van der Waals surface area contributed by atoms with Gasteiger partial charge in [0.1, 0.15) is 17.6 Å². The van der Waals surface area contributed by atoms with E-state index >= 15 is 0 Å². The van der Waals surface area contributed by atoms with Crippen LogP contribution in [0.2, 0.25) is 0 Å². The molecule has 0 amide bonds. The number of hydrogen-bond donors (Lipinski definition) is 1. The van der Waals surface area contributed by atoms with Gasteiger partial charge in [-0.3, -0.25) is 0 Å². The summed E-state index contributed by atoms with van der Waals surface area (Å²) in [6.45, 7) is 0. The van der Waals surface area contributed by atoms with Crippen LogP contribution >= 0.6 is 0 Å². The van der Waals surface area contributed by atoms with Gasteiger partial charge in [0.2, 0.25) is 0 Å². The lowest BCUT2D eigenvalue weighted by atomic mass is 9.95. The molecular weight excluding hydrogens is 230 g/mol. The number of benzene rings is 1. The van der Waals surface area contributed by atoms with Crippen LogP contribution in [0.3, 0.4) is 0 Å². The van der Waals surface area contributed by atoms with Crippen LogP contribution in [0, 0.1) is 0 Å². The van der Waals surface area contributed by atoms with Crippen LogP contribution in [0.5, 0.6) is 11.5 Å². The number of nitrogens with two attached hydrogens (primary N) is 1. The largest absolute Gasteiger partial charge is 0.497 e. The zero-order valence-electron chi connectivity index (χ0n) is 11.0. The number of hydrogen-bond acceptors (Lipinski definition) is 4. The molecule has 4 heteroatoms. The molecule has 1 fully saturated rings. The number of ether oxygens (including phenoxy) is 3. The molecular formula is C14H21NO3. The summed E-state index contributed by atoms with van der Waals surface area (Å²) in [5.41, 5.74) is 6.56. The summed E-state index contributed by atoms with van der Waals surface area (Å²) in [5.74, 6) is 1.48. The maximum absolute atomic E-state index is 5.96. The van der Waals surface area contributed by atoms with Crippen molar-refractivity contribution in [3.63, 3.8) is 0 Å². The molecule has 1 aromatic rings. The standard InChI is InChI=1S/C14H21NO3/c1-16-10-4-3-5-12(8-10)18-14-7-6-11(17-2)9-13(14)15/h6-7,9-10,12H,3-5,8,15H2,1-2H3. The van der Waals surface area contributed by atoms with Crippen molar-refractivity contribution in [2.75, 3.05) is 20.0 Å². The Bertz CT molecular complexity index is 395. The van der Waals surface area contributed by atoms with Crippen molar-refractivity contribution in [2.24, 2.45) is 0 Å². The van der Waals surface area contributed by atoms with Crippen LogP contribution in [0.4, 0.5) is 5.69 Å². The van der Waals surface area contributed by atoms with Crippen LogP contribution in [-0.4, -0.2) is 26.4 Å². The van der Waals surface area contributed by atoms with Crippen LogP contribution in [-0.2, 0) is 4.74 Å². The van der Waals surface area contributed by atoms with E-state index in [1.54, 1.807) is 20.3 Å². The zero-order valence-corrected chi connectivity index (χ0v) is 11.0. The van der Waals surface area contributed by atoms with Crippen LogP contribution in [0.25, 0.3) is 0 Å². The lowest BCUT2D eigenvalue weighted by Gasteiger charge is -2.29. The lowest BCUT2D eigenvalue weighted by Crippen LogP contribution is -2.29. The summed E-state index contributed by atoms with van der Waals surface area (Å²) in [6, 6.07) is 5.51. The maximum atomic E-state index is 5.96. The predicted molar refractivity (Wildman–Crippen MR) is 71.1 cm³/mol. The third-order valence-corrected chi connectivity index (χ3v) is 3.42. The quantitative estimate of drug-likeness (QED) is 0.836. The van der Waals surface area contributed by atoms with Crippen LogP contribution in [0.15, 0.2) is 18.2 Å². The van der Waals surface area contributed by atoms with Crippen molar-refractivity contribution >= 4 is 5.69 Å². The Hall–Kier alpha value is -1.42. The summed E-state index contributed by atoms with van der Waals surface area (Å²) in [7, 11) is 3.38. The predicted octanol–water partition coefficient (Wildman–Crippen LogP) is 2.61. The molecule has 2 N–H and O–H groups in total. The Balaban J connectivity index is 2.00. The summed E-state index contributed by atoms with van der Waals surface area (Å²) in [6.07, 6.45) is 4.75. The van der Waals surface area contributed by atoms with E-state index in [4.69, 9.17) is 19.9 Å². The number of nitrogen functional groups attached to an aromatic ring is 1. The second kappa shape index (κ2) is 5.96. The fraction of sp³-hybridized carbons (Fsp3) is 0.571. The molecule has 0 bridgehead atoms. The first-order chi connectivity index (χ1) is 8.72. The minimum absolute atomic E-state index is 0.194. The first-order valence-electron chi connectivity index (χ1n) is 6.36. The monoisotopic (exact) mass is 251 g/mol. The summed E-state index contributed by atoms with van der Waals surface area (Å²) >= 11 is 0. The van der Waals surface area contributed by atoms with Gasteiger partial charge in [-0.2, -0.15) is 0 Å². The highest BCUT2D eigenvalue weighted by atomic mass is 16.5. The summed E-state index contributed by atoms with van der Waals surface area (Å²) < 4.78 is 16.5. The van der Waals surface area contributed by atoms with Gasteiger partial charge >= 0.3 is 0 Å². The third-order valence-electron chi connectivity index (χ3n) is 3.42. The molecule has 0 radical (unpaired) electrons. The zero-order chi connectivity index (χ0) is 13.0. The molecule has 4 nitrogen and oxygen atoms in total. The lowest BCUT2D eigenvalue weighted by molar-refractivity contribution is 0.0212. The van der Waals surface area contributed by atoms with Crippen molar-refractivity contribution in [3.8, 4) is 11.5 Å². The van der Waals surface area contributed by atoms with E-state index in [1.807, 2.05) is 12.1 Å². The van der Waals surface area contributed by atoms with E-state index in [0.29, 0.717) is 11.8 Å². The molecule has 2 unspecified atom stereocenters. The van der Waals surface area contributed by atoms with Crippen molar-refractivity contribution in [3.05, 3.63) is 18.2 Å². The second-order valence-corrected chi connectivity index (χ2v) is 4.67. The van der Waals surface area contributed by atoms with E-state index in [2.05, 4.69) is 0 Å². The molecule has 1 aromatic carbocycles. The fourth-order valence-corrected chi connectivity index (χ4v) is 2.36. The highest BCUT2D eigenvalue weighted by molar-refractivity contribution is 5.56. The second-order valence-electron chi connectivity index (χ2n) is 4.67. The highest BCUT2D eigenvalue weighted by Crippen LogP contribution is 2.30. The molecule has 2 rings (SSSR count). The molecule has 1 aliphatic rings. The van der Waals surface area contributed by atoms with E-state index in [1.165, 1.54) is 0 Å². The van der Waals surface area contributed by atoms with Gasteiger partial charge in [-0.1, -0.05) is 0 Å². The SMILES string of the molecule is COc1ccc(OC2CCCC(OC)C2)c(N)c1. The van der Waals surface area contributed by atoms with Crippen molar-refractivity contribution in [2.45, 2.75) is 37.9 Å². The van der Waals surface area contributed by atoms with E-state index < -0.39 is 0 Å². The molecule has 0 heterocycles. The Labute approximate surface area is 108 Å². The molecule has 18 heavy (non-hydrogen) atoms. The van der Waals surface area contributed by atoms with Gasteiger partial charge in [0, 0.05) is 19.6 Å². The van der Waals surface area contributed by atoms with Gasteiger partial charge in [-0.25, -0.2) is 0 Å². The molecule has 0 saturated heterocycles. The smallest absolute Gasteiger partial charge is 0.142 e. The van der Waals surface area contributed by atoms with Gasteiger partial charge in [0.05, 0.1) is 18.9 Å². The normalized spacial score (nSPS) is 23.7. The van der Waals surface area contributed by atoms with E-state index in [0.717, 1.165) is 37.2 Å². The molecule has 1 aliphatic carbocycles. The minimum atomic E-state index is 0.194. The fourth-order valence-electron chi connectivity index (χ4n) is 2.36. The van der Waals surface area contributed by atoms with E-state index in [9.17, 15) is 0 Å². The number of anilines is 1. The maximum Gasteiger partial charge on any atom is 0.142 e. The van der Waals surface area contributed by atoms with Gasteiger partial charge < -0.3 is 19.9 Å². The Kier molecular flexibility index (Phi) is 4.31. The Morgan fingerprint density at radius 2 is 1.94 bits per heavy atom. The first-order valence-corrected chi connectivity index (χ1v) is 6.36. The van der Waals surface area contributed by atoms with Crippen molar-refractivity contribution in [1.82, 2.24) is 0 Å². The highest BCUT2D eigenvalue weighted by Gasteiger charge is 2.23. The van der Waals surface area contributed by atoms with E-state index in [-0.39, 0.29) is 6.10 Å². The average molecular weight is 251 g/mol. The van der Waals surface area contributed by atoms with Crippen LogP contribution < -0.4 is 15.2 Å². The van der Waals surface area contributed by atoms with Crippen molar-refractivity contribution in [1.29, 1.82) is 0 Å². The molecule has 0 aliphatic heterocycles. The van der Waals surface area contributed by atoms with Gasteiger partial charge in [0.15, 0.2) is 0 Å². The Morgan fingerprint density at radius 1 is 1.17 bits per heavy atom. The van der Waals surface area contributed by atoms with Gasteiger partial charge in [0.25, 0.3) is 0 Å². The minimum Gasteiger partial charge on any atom is -0.497 e. The van der Waals surface area contributed by atoms with Gasteiger partial charge in [-0.15, -0.1) is 0 Å². The Morgan fingerprint density at radius 3 is 2.61 bits per heavy atom. The van der Waals surface area contributed by atoms with Crippen LogP contribution in [0.1, 0.15) is 25.7 Å². The average Bonchev–Trinajstić information content (AvgIpc) is 2.41. The molecule has 2 atom stereocenters. The van der Waals surface area contributed by atoms with Crippen molar-refractivity contribution < 1.29 is 14.2 Å². The topological polar surface area (TPSA) is 53.7 Å². The molecule has 0 spiro atoms. The molecule has 0 aromatic heterocycles. The summed E-state index contributed by atoms with van der Waals surface area (Å²) in [4.78, 5) is 0. The third kappa shape index (κ3) is 3.07. The molecule has 100 valence electrons. The first kappa shape index (κ1) is 13.0.